The Kier molecular flexibility index (Phi) is 3.74. The van der Waals surface area contributed by atoms with Crippen molar-refractivity contribution in [3.05, 3.63) is 28.7 Å². The number of methoxy groups -OCH3 is 1. The number of nitrogens with one attached hydrogen (secondary N) is 1. The number of hydrogen-bond acceptors (Lipinski definition) is 3. The van der Waals surface area contributed by atoms with Gasteiger partial charge in [0.15, 0.2) is 0 Å². The molecule has 0 heterocycles. The lowest BCUT2D eigenvalue weighted by atomic mass is 10.1. The molecule has 0 unspecified atom stereocenters. The predicted molar refractivity (Wildman–Crippen MR) is 63.9 cm³/mol. The van der Waals surface area contributed by atoms with E-state index in [4.69, 9.17) is 4.74 Å². The summed E-state index contributed by atoms with van der Waals surface area (Å²) < 4.78 is 5.70. The molecule has 0 radical (unpaired) electrons. The molecule has 1 aromatic rings. The van der Waals surface area contributed by atoms with Crippen molar-refractivity contribution < 1.29 is 9.53 Å². The fourth-order valence-electron chi connectivity index (χ4n) is 1.20. The summed E-state index contributed by atoms with van der Waals surface area (Å²) in [5, 5.41) is 3.10. The van der Waals surface area contributed by atoms with Crippen LogP contribution in [0.5, 0.6) is 0 Å². The van der Waals surface area contributed by atoms with Gasteiger partial charge in [0.2, 0.25) is 0 Å². The smallest absolute Gasteiger partial charge is 0.330 e. The van der Waals surface area contributed by atoms with E-state index in [-0.39, 0.29) is 5.97 Å². The van der Waals surface area contributed by atoms with Gasteiger partial charge < -0.3 is 10.1 Å². The van der Waals surface area contributed by atoms with Crippen LogP contribution in [0.3, 0.4) is 0 Å². The summed E-state index contributed by atoms with van der Waals surface area (Å²) in [6.45, 7) is 3.56. The Morgan fingerprint density at radius 3 is 2.33 bits per heavy atom. The summed E-state index contributed by atoms with van der Waals surface area (Å²) in [7, 11) is 1.38. The summed E-state index contributed by atoms with van der Waals surface area (Å²) in [5.41, 5.74) is 0.163. The number of ether oxygens (including phenoxy) is 1. The second kappa shape index (κ2) is 4.66. The molecule has 4 heteroatoms. The van der Waals surface area contributed by atoms with Gasteiger partial charge in [0.25, 0.3) is 0 Å². The minimum atomic E-state index is -0.720. The molecule has 0 saturated heterocycles. The molecule has 0 bridgehead atoms. The normalized spacial score (nSPS) is 10.9. The maximum Gasteiger partial charge on any atom is 0.330 e. The Labute approximate surface area is 97.9 Å². The number of esters is 1. The first-order valence-corrected chi connectivity index (χ1v) is 5.37. The molecule has 1 aromatic carbocycles. The molecule has 1 N–H and O–H groups in total. The van der Waals surface area contributed by atoms with Crippen LogP contribution in [0.15, 0.2) is 28.7 Å². The Balaban J connectivity index is 2.77. The molecule has 0 aliphatic heterocycles. The summed E-state index contributed by atoms with van der Waals surface area (Å²) in [5.74, 6) is -0.287. The summed E-state index contributed by atoms with van der Waals surface area (Å²) in [6, 6.07) is 7.62. The van der Waals surface area contributed by atoms with E-state index in [1.807, 2.05) is 24.3 Å². The van der Waals surface area contributed by atoms with E-state index in [1.54, 1.807) is 13.8 Å². The summed E-state index contributed by atoms with van der Waals surface area (Å²) in [6.07, 6.45) is 0. The van der Waals surface area contributed by atoms with Gasteiger partial charge in [-0.1, -0.05) is 15.9 Å². The van der Waals surface area contributed by atoms with Gasteiger partial charge in [-0.15, -0.1) is 0 Å². The van der Waals surface area contributed by atoms with Crippen molar-refractivity contribution in [2.24, 2.45) is 0 Å². The highest BCUT2D eigenvalue weighted by Gasteiger charge is 2.28. The average Bonchev–Trinajstić information content (AvgIpc) is 2.20. The van der Waals surface area contributed by atoms with Crippen LogP contribution in [0.1, 0.15) is 13.8 Å². The summed E-state index contributed by atoms with van der Waals surface area (Å²) >= 11 is 3.35. The Bertz CT molecular complexity index is 346. The van der Waals surface area contributed by atoms with Crippen molar-refractivity contribution in [3.63, 3.8) is 0 Å². The first kappa shape index (κ1) is 12.0. The van der Waals surface area contributed by atoms with Crippen LogP contribution in [-0.4, -0.2) is 18.6 Å². The standard InChI is InChI=1S/C11H14BrNO2/c1-11(2,10(14)15-3)13-9-6-4-8(12)5-7-9/h4-7,13H,1-3H3. The maximum absolute atomic E-state index is 11.4. The largest absolute Gasteiger partial charge is 0.467 e. The maximum atomic E-state index is 11.4. The number of rotatable bonds is 3. The van der Waals surface area contributed by atoms with Gasteiger partial charge in [0.05, 0.1) is 7.11 Å². The highest BCUT2D eigenvalue weighted by Crippen LogP contribution is 2.19. The highest BCUT2D eigenvalue weighted by molar-refractivity contribution is 9.10. The lowest BCUT2D eigenvalue weighted by molar-refractivity contribution is -0.144. The zero-order chi connectivity index (χ0) is 11.5. The van der Waals surface area contributed by atoms with Crippen LogP contribution in [0.4, 0.5) is 5.69 Å². The third kappa shape index (κ3) is 3.23. The zero-order valence-corrected chi connectivity index (χ0v) is 10.6. The van der Waals surface area contributed by atoms with Crippen LogP contribution in [0.2, 0.25) is 0 Å². The van der Waals surface area contributed by atoms with Crippen molar-refractivity contribution in [1.82, 2.24) is 0 Å². The van der Waals surface area contributed by atoms with Crippen LogP contribution in [-0.2, 0) is 9.53 Å². The minimum absolute atomic E-state index is 0.287. The van der Waals surface area contributed by atoms with Crippen molar-refractivity contribution in [1.29, 1.82) is 0 Å². The van der Waals surface area contributed by atoms with Crippen molar-refractivity contribution in [2.75, 3.05) is 12.4 Å². The van der Waals surface area contributed by atoms with E-state index in [1.165, 1.54) is 7.11 Å². The van der Waals surface area contributed by atoms with E-state index in [0.717, 1.165) is 10.2 Å². The van der Waals surface area contributed by atoms with Crippen LogP contribution in [0.25, 0.3) is 0 Å². The minimum Gasteiger partial charge on any atom is -0.467 e. The third-order valence-electron chi connectivity index (χ3n) is 2.00. The molecule has 0 atom stereocenters. The van der Waals surface area contributed by atoms with E-state index < -0.39 is 5.54 Å². The number of carbonyl (C=O) groups excluding carboxylic acids is 1. The Morgan fingerprint density at radius 2 is 1.87 bits per heavy atom. The van der Waals surface area contributed by atoms with Crippen LogP contribution >= 0.6 is 15.9 Å². The molecular formula is C11H14BrNO2. The molecule has 1 rings (SSSR count). The first-order chi connectivity index (χ1) is 6.95. The Hall–Kier alpha value is -1.03. The monoisotopic (exact) mass is 271 g/mol. The molecular weight excluding hydrogens is 258 g/mol. The molecule has 0 aliphatic rings. The second-order valence-electron chi connectivity index (χ2n) is 3.75. The van der Waals surface area contributed by atoms with E-state index in [0.29, 0.717) is 0 Å². The van der Waals surface area contributed by atoms with Crippen molar-refractivity contribution >= 4 is 27.6 Å². The molecule has 0 spiro atoms. The molecule has 15 heavy (non-hydrogen) atoms. The Morgan fingerprint density at radius 1 is 1.33 bits per heavy atom. The fourth-order valence-corrected chi connectivity index (χ4v) is 1.46. The van der Waals surface area contributed by atoms with Crippen molar-refractivity contribution in [3.8, 4) is 0 Å². The fraction of sp³-hybridized carbons (Fsp3) is 0.364. The van der Waals surface area contributed by atoms with E-state index in [9.17, 15) is 4.79 Å². The van der Waals surface area contributed by atoms with Gasteiger partial charge in [0.1, 0.15) is 5.54 Å². The first-order valence-electron chi connectivity index (χ1n) is 4.58. The predicted octanol–water partition coefficient (Wildman–Crippen LogP) is 2.81. The van der Waals surface area contributed by atoms with E-state index >= 15 is 0 Å². The lowest BCUT2D eigenvalue weighted by Crippen LogP contribution is -2.41. The second-order valence-corrected chi connectivity index (χ2v) is 4.66. The lowest BCUT2D eigenvalue weighted by Gasteiger charge is -2.24. The van der Waals surface area contributed by atoms with Crippen molar-refractivity contribution in [2.45, 2.75) is 19.4 Å². The quantitative estimate of drug-likeness (QED) is 0.860. The number of halogens is 1. The molecule has 0 aliphatic carbocycles. The van der Waals surface area contributed by atoms with Gasteiger partial charge in [-0.3, -0.25) is 0 Å². The average molecular weight is 272 g/mol. The van der Waals surface area contributed by atoms with E-state index in [2.05, 4.69) is 21.2 Å². The summed E-state index contributed by atoms with van der Waals surface area (Å²) in [4.78, 5) is 11.4. The molecule has 82 valence electrons. The number of hydrogen-bond donors (Lipinski definition) is 1. The number of benzene rings is 1. The molecule has 3 nitrogen and oxygen atoms in total. The van der Waals surface area contributed by atoms with Gasteiger partial charge in [-0.05, 0) is 38.1 Å². The molecule has 0 amide bonds. The molecule has 0 saturated carbocycles. The number of carbonyl (C=O) groups is 1. The van der Waals surface area contributed by atoms with Crippen LogP contribution < -0.4 is 5.32 Å². The topological polar surface area (TPSA) is 38.3 Å². The molecule has 0 fully saturated rings. The van der Waals surface area contributed by atoms with Crippen LogP contribution in [0, 0.1) is 0 Å². The van der Waals surface area contributed by atoms with Gasteiger partial charge in [0, 0.05) is 10.2 Å². The highest BCUT2D eigenvalue weighted by atomic mass is 79.9. The zero-order valence-electron chi connectivity index (χ0n) is 9.00. The van der Waals surface area contributed by atoms with Gasteiger partial charge >= 0.3 is 5.97 Å². The number of anilines is 1. The SMILES string of the molecule is COC(=O)C(C)(C)Nc1ccc(Br)cc1. The van der Waals surface area contributed by atoms with Gasteiger partial charge in [-0.2, -0.15) is 0 Å². The van der Waals surface area contributed by atoms with Gasteiger partial charge in [-0.25, -0.2) is 4.79 Å². The third-order valence-corrected chi connectivity index (χ3v) is 2.53. The molecule has 0 aromatic heterocycles.